The maximum absolute atomic E-state index is 12.1. The van der Waals surface area contributed by atoms with E-state index in [-0.39, 0.29) is 17.0 Å². The van der Waals surface area contributed by atoms with E-state index in [1.54, 1.807) is 6.07 Å². The molecular weight excluding hydrogens is 256 g/mol. The van der Waals surface area contributed by atoms with Crippen LogP contribution in [0.2, 0.25) is 0 Å². The molecule has 1 aliphatic carbocycles. The summed E-state index contributed by atoms with van der Waals surface area (Å²) in [4.78, 5) is 23.4. The molecule has 1 aromatic rings. The third-order valence-corrected chi connectivity index (χ3v) is 4.27. The summed E-state index contributed by atoms with van der Waals surface area (Å²) in [5.74, 6) is -1.13. The lowest BCUT2D eigenvalue weighted by Gasteiger charge is -2.37. The molecule has 1 aliphatic heterocycles. The zero-order valence-electron chi connectivity index (χ0n) is 11.2. The molecule has 1 spiro atoms. The first-order chi connectivity index (χ1) is 9.60. The highest BCUT2D eigenvalue weighted by atomic mass is 16.4. The molecule has 0 aromatic heterocycles. The zero-order chi connectivity index (χ0) is 14.2. The van der Waals surface area contributed by atoms with Crippen molar-refractivity contribution in [1.29, 1.82) is 0 Å². The second-order valence-corrected chi connectivity index (χ2v) is 5.72. The quantitative estimate of drug-likeness (QED) is 0.735. The molecule has 5 heteroatoms. The smallest absolute Gasteiger partial charge is 0.337 e. The molecule has 0 atom stereocenters. The Balaban J connectivity index is 2.04. The van der Waals surface area contributed by atoms with Gasteiger partial charge in [0.25, 0.3) is 0 Å². The number of nitrogens with one attached hydrogen (secondary N) is 2. The Hall–Kier alpha value is -2.04. The number of hydrogen-bond acceptors (Lipinski definition) is 3. The predicted octanol–water partition coefficient (Wildman–Crippen LogP) is 2.84. The maximum atomic E-state index is 12.1. The van der Waals surface area contributed by atoms with Gasteiger partial charge in [0.15, 0.2) is 0 Å². The monoisotopic (exact) mass is 274 g/mol. The largest absolute Gasteiger partial charge is 0.478 e. The summed E-state index contributed by atoms with van der Waals surface area (Å²) in [6.07, 6.45) is 5.73. The molecule has 0 unspecified atom stereocenters. The number of aromatic carboxylic acids is 1. The van der Waals surface area contributed by atoms with Crippen molar-refractivity contribution >= 4 is 23.3 Å². The fourth-order valence-corrected chi connectivity index (χ4v) is 3.32. The molecule has 1 heterocycles. The first kappa shape index (κ1) is 13.0. The van der Waals surface area contributed by atoms with Crippen molar-refractivity contribution in [3.8, 4) is 0 Å². The van der Waals surface area contributed by atoms with Crippen LogP contribution in [0, 0.1) is 0 Å². The van der Waals surface area contributed by atoms with Crippen molar-refractivity contribution < 1.29 is 14.7 Å². The van der Waals surface area contributed by atoms with Gasteiger partial charge in [0.05, 0.1) is 16.9 Å². The molecule has 1 amide bonds. The SMILES string of the molecule is O=C1CC2(CCCCC2)Nc2cccc(C(=O)O)c2N1. The minimum atomic E-state index is -1.02. The Bertz CT molecular complexity index is 562. The molecule has 1 saturated carbocycles. The molecule has 0 saturated heterocycles. The van der Waals surface area contributed by atoms with Gasteiger partial charge in [-0.3, -0.25) is 4.79 Å². The lowest BCUT2D eigenvalue weighted by molar-refractivity contribution is -0.117. The van der Waals surface area contributed by atoms with E-state index in [0.29, 0.717) is 12.1 Å². The van der Waals surface area contributed by atoms with Crippen molar-refractivity contribution in [3.63, 3.8) is 0 Å². The van der Waals surface area contributed by atoms with E-state index in [1.165, 1.54) is 12.5 Å². The summed E-state index contributed by atoms with van der Waals surface area (Å²) < 4.78 is 0. The van der Waals surface area contributed by atoms with E-state index in [1.807, 2.05) is 6.07 Å². The van der Waals surface area contributed by atoms with Crippen LogP contribution in [0.4, 0.5) is 11.4 Å². The zero-order valence-corrected chi connectivity index (χ0v) is 11.2. The first-order valence-electron chi connectivity index (χ1n) is 7.04. The normalized spacial score (nSPS) is 20.5. The molecule has 106 valence electrons. The first-order valence-corrected chi connectivity index (χ1v) is 7.04. The van der Waals surface area contributed by atoms with Gasteiger partial charge in [-0.05, 0) is 25.0 Å². The highest BCUT2D eigenvalue weighted by Gasteiger charge is 2.37. The Morgan fingerprint density at radius 3 is 2.65 bits per heavy atom. The van der Waals surface area contributed by atoms with Crippen LogP contribution in [0.15, 0.2) is 18.2 Å². The van der Waals surface area contributed by atoms with Crippen LogP contribution < -0.4 is 10.6 Å². The van der Waals surface area contributed by atoms with Crippen LogP contribution >= 0.6 is 0 Å². The fraction of sp³-hybridized carbons (Fsp3) is 0.467. The summed E-state index contributed by atoms with van der Waals surface area (Å²) in [6, 6.07) is 5.06. The second-order valence-electron chi connectivity index (χ2n) is 5.72. The van der Waals surface area contributed by atoms with Gasteiger partial charge in [0, 0.05) is 12.0 Å². The summed E-state index contributed by atoms with van der Waals surface area (Å²) in [7, 11) is 0. The van der Waals surface area contributed by atoms with Crippen LogP contribution in [0.1, 0.15) is 48.9 Å². The van der Waals surface area contributed by atoms with Gasteiger partial charge in [-0.1, -0.05) is 25.3 Å². The Morgan fingerprint density at radius 1 is 1.20 bits per heavy atom. The number of carbonyl (C=O) groups excluding carboxylic acids is 1. The number of para-hydroxylation sites is 1. The number of benzene rings is 1. The summed E-state index contributed by atoms with van der Waals surface area (Å²) in [6.45, 7) is 0. The average Bonchev–Trinajstić information content (AvgIpc) is 2.54. The Labute approximate surface area is 117 Å². The molecule has 1 fully saturated rings. The average molecular weight is 274 g/mol. The van der Waals surface area contributed by atoms with Crippen LogP contribution in [0.25, 0.3) is 0 Å². The number of carboxylic acids is 1. The summed E-state index contributed by atoms with van der Waals surface area (Å²) in [5.41, 5.74) is 1.03. The number of carbonyl (C=O) groups is 2. The molecule has 0 radical (unpaired) electrons. The number of hydrogen-bond donors (Lipinski definition) is 3. The fourth-order valence-electron chi connectivity index (χ4n) is 3.32. The van der Waals surface area contributed by atoms with Crippen LogP contribution in [-0.4, -0.2) is 22.5 Å². The van der Waals surface area contributed by atoms with Crippen molar-refractivity contribution in [1.82, 2.24) is 0 Å². The lowest BCUT2D eigenvalue weighted by Crippen LogP contribution is -2.41. The number of anilines is 2. The molecule has 3 N–H and O–H groups in total. The molecule has 20 heavy (non-hydrogen) atoms. The number of fused-ring (bicyclic) bond motifs is 1. The predicted molar refractivity (Wildman–Crippen MR) is 76.1 cm³/mol. The molecule has 0 bridgehead atoms. The van der Waals surface area contributed by atoms with Crippen molar-refractivity contribution in [2.24, 2.45) is 0 Å². The third kappa shape index (κ3) is 2.24. The Kier molecular flexibility index (Phi) is 3.12. The topological polar surface area (TPSA) is 78.4 Å². The standard InChI is InChI=1S/C15H18N2O3/c18-12-9-15(7-2-1-3-8-15)17-11-6-4-5-10(14(19)20)13(11)16-12/h4-6,17H,1-3,7-9H2,(H,16,18)(H,19,20). The number of carboxylic acid groups (broad SMARTS) is 1. The van der Waals surface area contributed by atoms with Gasteiger partial charge >= 0.3 is 5.97 Å². The maximum Gasteiger partial charge on any atom is 0.337 e. The van der Waals surface area contributed by atoms with Gasteiger partial charge in [-0.25, -0.2) is 4.79 Å². The van der Waals surface area contributed by atoms with Crippen LogP contribution in [0.5, 0.6) is 0 Å². The van der Waals surface area contributed by atoms with Crippen molar-refractivity contribution in [2.75, 3.05) is 10.6 Å². The summed E-state index contributed by atoms with van der Waals surface area (Å²) >= 11 is 0. The van der Waals surface area contributed by atoms with Crippen molar-refractivity contribution in [3.05, 3.63) is 23.8 Å². The molecule has 3 rings (SSSR count). The van der Waals surface area contributed by atoms with Gasteiger partial charge in [-0.2, -0.15) is 0 Å². The van der Waals surface area contributed by atoms with E-state index in [0.717, 1.165) is 31.4 Å². The number of amides is 1. The molecule has 5 nitrogen and oxygen atoms in total. The van der Waals surface area contributed by atoms with Crippen LogP contribution in [0.3, 0.4) is 0 Å². The highest BCUT2D eigenvalue weighted by molar-refractivity contribution is 6.05. The summed E-state index contributed by atoms with van der Waals surface area (Å²) in [5, 5.41) is 15.5. The van der Waals surface area contributed by atoms with E-state index < -0.39 is 5.97 Å². The minimum Gasteiger partial charge on any atom is -0.478 e. The van der Waals surface area contributed by atoms with E-state index >= 15 is 0 Å². The highest BCUT2D eigenvalue weighted by Crippen LogP contribution is 2.40. The molecule has 2 aliphatic rings. The molecular formula is C15H18N2O3. The van der Waals surface area contributed by atoms with Crippen molar-refractivity contribution in [2.45, 2.75) is 44.1 Å². The lowest BCUT2D eigenvalue weighted by atomic mass is 9.79. The third-order valence-electron chi connectivity index (χ3n) is 4.27. The molecule has 1 aromatic carbocycles. The van der Waals surface area contributed by atoms with Crippen LogP contribution in [-0.2, 0) is 4.79 Å². The Morgan fingerprint density at radius 2 is 1.95 bits per heavy atom. The van der Waals surface area contributed by atoms with Gasteiger partial charge in [-0.15, -0.1) is 0 Å². The number of rotatable bonds is 1. The minimum absolute atomic E-state index is 0.105. The van der Waals surface area contributed by atoms with Gasteiger partial charge < -0.3 is 15.7 Å². The van der Waals surface area contributed by atoms with E-state index in [2.05, 4.69) is 10.6 Å². The van der Waals surface area contributed by atoms with Gasteiger partial charge in [0.2, 0.25) is 5.91 Å². The van der Waals surface area contributed by atoms with E-state index in [9.17, 15) is 14.7 Å². The van der Waals surface area contributed by atoms with E-state index in [4.69, 9.17) is 0 Å². The van der Waals surface area contributed by atoms with Gasteiger partial charge in [0.1, 0.15) is 0 Å². The second kappa shape index (κ2) is 4.81.